The summed E-state index contributed by atoms with van der Waals surface area (Å²) in [6.45, 7) is 3.69. The number of aliphatic hydroxyl groups is 1. The highest BCUT2D eigenvalue weighted by atomic mass is 32.2. The first-order valence-corrected chi connectivity index (χ1v) is 9.07. The van der Waals surface area contributed by atoms with E-state index in [1.807, 2.05) is 0 Å². The maximum absolute atomic E-state index is 12.5. The lowest BCUT2D eigenvalue weighted by Gasteiger charge is -2.38. The van der Waals surface area contributed by atoms with Crippen LogP contribution in [0.4, 0.5) is 0 Å². The zero-order valence-electron chi connectivity index (χ0n) is 12.4. The van der Waals surface area contributed by atoms with Gasteiger partial charge in [0.2, 0.25) is 15.9 Å². The van der Waals surface area contributed by atoms with Crippen molar-refractivity contribution in [1.82, 2.24) is 9.21 Å². The fourth-order valence-electron chi connectivity index (χ4n) is 2.89. The lowest BCUT2D eigenvalue weighted by molar-refractivity contribution is -0.147. The lowest BCUT2D eigenvalue weighted by atomic mass is 9.95. The van der Waals surface area contributed by atoms with E-state index in [4.69, 9.17) is 4.74 Å². The number of amides is 1. The highest BCUT2D eigenvalue weighted by Crippen LogP contribution is 2.23. The third kappa shape index (κ3) is 3.74. The van der Waals surface area contributed by atoms with E-state index in [0.29, 0.717) is 45.7 Å². The number of aliphatic hydroxyl groups excluding tert-OH is 1. The Bertz CT molecular complexity index is 459. The number of piperidine rings is 1. The van der Waals surface area contributed by atoms with E-state index in [1.165, 1.54) is 4.31 Å². The maximum atomic E-state index is 12.5. The molecule has 1 amide bonds. The minimum Gasteiger partial charge on any atom is -0.394 e. The summed E-state index contributed by atoms with van der Waals surface area (Å²) in [6, 6.07) is -0.274. The Morgan fingerprint density at radius 2 is 1.95 bits per heavy atom. The van der Waals surface area contributed by atoms with Crippen molar-refractivity contribution in [1.29, 1.82) is 0 Å². The molecule has 0 aromatic rings. The van der Waals surface area contributed by atoms with E-state index in [-0.39, 0.29) is 30.2 Å². The standard InChI is InChI=1S/C13H24N2O5S/c1-2-21(18,19)14-5-3-11(4-6-14)13(17)15-7-8-20-10-12(15)9-16/h11-12,16H,2-10H2,1H3. The van der Waals surface area contributed by atoms with Crippen molar-refractivity contribution in [2.45, 2.75) is 25.8 Å². The van der Waals surface area contributed by atoms with Crippen LogP contribution in [-0.2, 0) is 19.6 Å². The highest BCUT2D eigenvalue weighted by Gasteiger charge is 2.35. The zero-order valence-corrected chi connectivity index (χ0v) is 13.2. The van der Waals surface area contributed by atoms with Crippen molar-refractivity contribution in [3.8, 4) is 0 Å². The lowest BCUT2D eigenvalue weighted by Crippen LogP contribution is -2.53. The van der Waals surface area contributed by atoms with Crippen LogP contribution in [0.3, 0.4) is 0 Å². The number of hydrogen-bond acceptors (Lipinski definition) is 5. The van der Waals surface area contributed by atoms with Gasteiger partial charge in [-0.15, -0.1) is 0 Å². The third-order valence-electron chi connectivity index (χ3n) is 4.28. The first-order valence-electron chi connectivity index (χ1n) is 7.46. The van der Waals surface area contributed by atoms with Crippen LogP contribution in [0.2, 0.25) is 0 Å². The van der Waals surface area contributed by atoms with Gasteiger partial charge < -0.3 is 14.7 Å². The fraction of sp³-hybridized carbons (Fsp3) is 0.923. The van der Waals surface area contributed by atoms with Crippen LogP contribution in [0.5, 0.6) is 0 Å². The molecule has 2 saturated heterocycles. The van der Waals surface area contributed by atoms with Crippen LogP contribution >= 0.6 is 0 Å². The van der Waals surface area contributed by atoms with Gasteiger partial charge in [0.05, 0.1) is 31.6 Å². The van der Waals surface area contributed by atoms with Crippen LogP contribution in [0, 0.1) is 5.92 Å². The molecule has 2 aliphatic rings. The van der Waals surface area contributed by atoms with Crippen molar-refractivity contribution in [2.24, 2.45) is 5.92 Å². The van der Waals surface area contributed by atoms with E-state index in [9.17, 15) is 18.3 Å². The number of rotatable bonds is 4. The Balaban J connectivity index is 1.94. The van der Waals surface area contributed by atoms with E-state index in [2.05, 4.69) is 0 Å². The molecule has 2 heterocycles. The minimum atomic E-state index is -3.16. The predicted molar refractivity (Wildman–Crippen MR) is 77.2 cm³/mol. The molecule has 0 aromatic heterocycles. The third-order valence-corrected chi connectivity index (χ3v) is 6.16. The average Bonchev–Trinajstić information content (AvgIpc) is 2.54. The van der Waals surface area contributed by atoms with Crippen molar-refractivity contribution in [3.63, 3.8) is 0 Å². The molecule has 2 fully saturated rings. The normalized spacial score (nSPS) is 26.0. The summed E-state index contributed by atoms with van der Waals surface area (Å²) in [5, 5.41) is 9.33. The molecule has 2 aliphatic heterocycles. The second kappa shape index (κ2) is 7.04. The molecule has 7 nitrogen and oxygen atoms in total. The van der Waals surface area contributed by atoms with Crippen LogP contribution < -0.4 is 0 Å². The quantitative estimate of drug-likeness (QED) is 0.738. The van der Waals surface area contributed by atoms with Gasteiger partial charge in [0, 0.05) is 25.6 Å². The number of morpholine rings is 1. The van der Waals surface area contributed by atoms with Crippen LogP contribution in [-0.4, -0.2) is 79.9 Å². The summed E-state index contributed by atoms with van der Waals surface area (Å²) in [6.07, 6.45) is 1.10. The van der Waals surface area contributed by atoms with Crippen molar-refractivity contribution in [3.05, 3.63) is 0 Å². The summed E-state index contributed by atoms with van der Waals surface area (Å²) in [7, 11) is -3.16. The molecule has 2 rings (SSSR count). The Hall–Kier alpha value is -0.700. The van der Waals surface area contributed by atoms with E-state index in [1.54, 1.807) is 11.8 Å². The summed E-state index contributed by atoms with van der Waals surface area (Å²) >= 11 is 0. The van der Waals surface area contributed by atoms with E-state index in [0.717, 1.165) is 0 Å². The molecule has 1 unspecified atom stereocenters. The van der Waals surface area contributed by atoms with Gasteiger partial charge in [0.1, 0.15) is 0 Å². The van der Waals surface area contributed by atoms with E-state index < -0.39 is 10.0 Å². The van der Waals surface area contributed by atoms with Gasteiger partial charge in [-0.3, -0.25) is 4.79 Å². The zero-order chi connectivity index (χ0) is 15.5. The predicted octanol–water partition coefficient (Wildman–Crippen LogP) is -0.732. The van der Waals surface area contributed by atoms with Gasteiger partial charge in [-0.1, -0.05) is 0 Å². The summed E-state index contributed by atoms with van der Waals surface area (Å²) < 4.78 is 30.4. The van der Waals surface area contributed by atoms with Gasteiger partial charge in [0.15, 0.2) is 0 Å². The molecule has 8 heteroatoms. The number of carbonyl (C=O) groups excluding carboxylic acids is 1. The largest absolute Gasteiger partial charge is 0.394 e. The molecular formula is C13H24N2O5S. The molecular weight excluding hydrogens is 296 g/mol. The van der Waals surface area contributed by atoms with Gasteiger partial charge in [-0.05, 0) is 19.8 Å². The smallest absolute Gasteiger partial charge is 0.226 e. The maximum Gasteiger partial charge on any atom is 0.226 e. The molecule has 0 aliphatic carbocycles. The number of sulfonamides is 1. The summed E-state index contributed by atoms with van der Waals surface area (Å²) in [5.41, 5.74) is 0. The Morgan fingerprint density at radius 1 is 1.29 bits per heavy atom. The number of hydrogen-bond donors (Lipinski definition) is 1. The molecule has 0 radical (unpaired) electrons. The molecule has 0 saturated carbocycles. The molecule has 122 valence electrons. The second-order valence-corrected chi connectivity index (χ2v) is 7.77. The van der Waals surface area contributed by atoms with Gasteiger partial charge in [-0.2, -0.15) is 0 Å². The van der Waals surface area contributed by atoms with Gasteiger partial charge in [-0.25, -0.2) is 12.7 Å². The number of ether oxygens (including phenoxy) is 1. The molecule has 0 aromatic carbocycles. The first-order chi connectivity index (χ1) is 9.99. The highest BCUT2D eigenvalue weighted by molar-refractivity contribution is 7.89. The average molecular weight is 320 g/mol. The van der Waals surface area contributed by atoms with Crippen LogP contribution in [0.1, 0.15) is 19.8 Å². The van der Waals surface area contributed by atoms with Crippen molar-refractivity contribution >= 4 is 15.9 Å². The Kier molecular flexibility index (Phi) is 5.59. The minimum absolute atomic E-state index is 0.0193. The summed E-state index contributed by atoms with van der Waals surface area (Å²) in [5.74, 6) is -0.0341. The number of carbonyl (C=O) groups is 1. The van der Waals surface area contributed by atoms with Gasteiger partial charge >= 0.3 is 0 Å². The number of nitrogens with zero attached hydrogens (tertiary/aromatic N) is 2. The monoisotopic (exact) mass is 320 g/mol. The van der Waals surface area contributed by atoms with Crippen molar-refractivity contribution < 1.29 is 23.1 Å². The molecule has 21 heavy (non-hydrogen) atoms. The topological polar surface area (TPSA) is 87.2 Å². The van der Waals surface area contributed by atoms with Crippen LogP contribution in [0.15, 0.2) is 0 Å². The molecule has 0 bridgehead atoms. The summed E-state index contributed by atoms with van der Waals surface area (Å²) in [4.78, 5) is 14.2. The van der Waals surface area contributed by atoms with Gasteiger partial charge in [0.25, 0.3) is 0 Å². The first kappa shape index (κ1) is 16.7. The Morgan fingerprint density at radius 3 is 2.52 bits per heavy atom. The van der Waals surface area contributed by atoms with Crippen LogP contribution in [0.25, 0.3) is 0 Å². The van der Waals surface area contributed by atoms with E-state index >= 15 is 0 Å². The van der Waals surface area contributed by atoms with Crippen molar-refractivity contribution in [2.75, 3.05) is 45.2 Å². The SMILES string of the molecule is CCS(=O)(=O)N1CCC(C(=O)N2CCOCC2CO)CC1. The Labute approximate surface area is 125 Å². The molecule has 0 spiro atoms. The fourth-order valence-corrected chi connectivity index (χ4v) is 4.03. The molecule has 1 N–H and O–H groups in total. The second-order valence-electron chi connectivity index (χ2n) is 5.52. The molecule has 1 atom stereocenters.